The Morgan fingerprint density at radius 3 is 2.62 bits per heavy atom. The van der Waals surface area contributed by atoms with E-state index in [0.29, 0.717) is 40.3 Å². The number of hydrogen-bond donors (Lipinski definition) is 1. The lowest BCUT2D eigenvalue weighted by atomic mass is 9.96. The Bertz CT molecular complexity index is 1410. The van der Waals surface area contributed by atoms with Crippen LogP contribution in [0.1, 0.15) is 44.7 Å². The van der Waals surface area contributed by atoms with E-state index < -0.39 is 0 Å². The zero-order valence-corrected chi connectivity index (χ0v) is 20.1. The van der Waals surface area contributed by atoms with Gasteiger partial charge in [-0.2, -0.15) is 4.98 Å². The topological polar surface area (TPSA) is 85.6 Å². The maximum absolute atomic E-state index is 13.5. The number of halogens is 1. The second-order valence-corrected chi connectivity index (χ2v) is 9.21. The number of nitrogens with zero attached hydrogens (tertiary/aromatic N) is 5. The molecule has 0 aliphatic heterocycles. The molecule has 7 nitrogen and oxygen atoms in total. The summed E-state index contributed by atoms with van der Waals surface area (Å²) in [7, 11) is 0. The number of nitrogens with one attached hydrogen (secondary N) is 1. The van der Waals surface area contributed by atoms with E-state index in [1.807, 2.05) is 38.1 Å². The monoisotopic (exact) mass is 474 g/mol. The average Bonchev–Trinajstić information content (AvgIpc) is 2.85. The van der Waals surface area contributed by atoms with Crippen LogP contribution in [0.25, 0.3) is 33.4 Å². The van der Waals surface area contributed by atoms with Gasteiger partial charge in [-0.1, -0.05) is 43.0 Å². The SMILES string of the molecule is CCn1c(=O)c(-c2ccc(-c3cncc(C)n3)cc2Cl)cc2cnc(NC3CCCCC3)nc21. The molecule has 0 amide bonds. The Labute approximate surface area is 203 Å². The summed E-state index contributed by atoms with van der Waals surface area (Å²) in [5.41, 5.74) is 4.13. The van der Waals surface area contributed by atoms with E-state index in [9.17, 15) is 4.79 Å². The minimum absolute atomic E-state index is 0.123. The van der Waals surface area contributed by atoms with Crippen LogP contribution in [0.3, 0.4) is 0 Å². The van der Waals surface area contributed by atoms with Crippen molar-refractivity contribution in [2.45, 2.75) is 58.5 Å². The molecule has 0 spiro atoms. The van der Waals surface area contributed by atoms with Crippen LogP contribution in [0.2, 0.25) is 5.02 Å². The van der Waals surface area contributed by atoms with Gasteiger partial charge in [-0.25, -0.2) is 9.97 Å². The lowest BCUT2D eigenvalue weighted by Gasteiger charge is -2.23. The number of rotatable bonds is 5. The minimum atomic E-state index is -0.123. The van der Waals surface area contributed by atoms with Crippen LogP contribution in [-0.4, -0.2) is 30.5 Å². The third kappa shape index (κ3) is 4.40. The smallest absolute Gasteiger partial charge is 0.260 e. The summed E-state index contributed by atoms with van der Waals surface area (Å²) in [6, 6.07) is 7.83. The highest BCUT2D eigenvalue weighted by Crippen LogP contribution is 2.31. The standard InChI is InChI=1S/C26H27ClN6O/c1-3-33-24-18(14-29-26(32-24)31-19-7-5-4-6-8-19)11-21(25(33)34)20-10-9-17(12-22(20)27)23-15-28-13-16(2)30-23/h9-15,19H,3-8H2,1-2H3,(H,29,31,32). The summed E-state index contributed by atoms with van der Waals surface area (Å²) in [4.78, 5) is 31.4. The predicted octanol–water partition coefficient (Wildman–Crippen LogP) is 5.64. The van der Waals surface area contributed by atoms with Crippen molar-refractivity contribution in [2.75, 3.05) is 5.32 Å². The fraction of sp³-hybridized carbons (Fsp3) is 0.346. The zero-order chi connectivity index (χ0) is 23.7. The van der Waals surface area contributed by atoms with Gasteiger partial charge in [0.05, 0.1) is 17.6 Å². The fourth-order valence-electron chi connectivity index (χ4n) is 4.64. The summed E-state index contributed by atoms with van der Waals surface area (Å²) in [5.74, 6) is 0.579. The minimum Gasteiger partial charge on any atom is -0.351 e. The first kappa shape index (κ1) is 22.5. The van der Waals surface area contributed by atoms with E-state index in [1.54, 1.807) is 23.2 Å². The molecule has 1 saturated carbocycles. The summed E-state index contributed by atoms with van der Waals surface area (Å²) < 4.78 is 1.69. The van der Waals surface area contributed by atoms with Gasteiger partial charge in [-0.05, 0) is 38.8 Å². The molecule has 1 aliphatic carbocycles. The first-order valence-electron chi connectivity index (χ1n) is 11.8. The summed E-state index contributed by atoms with van der Waals surface area (Å²) >= 11 is 6.67. The summed E-state index contributed by atoms with van der Waals surface area (Å²) in [5, 5.41) is 4.74. The third-order valence-corrected chi connectivity index (χ3v) is 6.70. The lowest BCUT2D eigenvalue weighted by molar-refractivity contribution is 0.461. The Hall–Kier alpha value is -3.32. The molecule has 0 atom stereocenters. The number of hydrogen-bond acceptors (Lipinski definition) is 6. The normalized spacial score (nSPS) is 14.4. The van der Waals surface area contributed by atoms with Gasteiger partial charge >= 0.3 is 0 Å². The van der Waals surface area contributed by atoms with Gasteiger partial charge in [0.15, 0.2) is 0 Å². The van der Waals surface area contributed by atoms with E-state index >= 15 is 0 Å². The van der Waals surface area contributed by atoms with Gasteiger partial charge in [-0.3, -0.25) is 14.3 Å². The van der Waals surface area contributed by atoms with E-state index in [4.69, 9.17) is 16.6 Å². The number of fused-ring (bicyclic) bond motifs is 1. The molecule has 0 unspecified atom stereocenters. The van der Waals surface area contributed by atoms with Gasteiger partial charge in [-0.15, -0.1) is 0 Å². The zero-order valence-electron chi connectivity index (χ0n) is 19.4. The lowest BCUT2D eigenvalue weighted by Crippen LogP contribution is -2.25. The molecule has 0 radical (unpaired) electrons. The van der Waals surface area contributed by atoms with Crippen molar-refractivity contribution in [3.05, 3.63) is 63.9 Å². The fourth-order valence-corrected chi connectivity index (χ4v) is 4.92. The average molecular weight is 475 g/mol. The second-order valence-electron chi connectivity index (χ2n) is 8.80. The van der Waals surface area contributed by atoms with Crippen LogP contribution in [0.15, 0.2) is 47.7 Å². The molecule has 3 aromatic heterocycles. The molecule has 8 heteroatoms. The molecule has 0 saturated heterocycles. The molecular formula is C26H27ClN6O. The van der Waals surface area contributed by atoms with Crippen molar-refractivity contribution in [3.8, 4) is 22.4 Å². The second kappa shape index (κ2) is 9.50. The number of anilines is 1. The van der Waals surface area contributed by atoms with Crippen molar-refractivity contribution >= 4 is 28.6 Å². The quantitative estimate of drug-likeness (QED) is 0.402. The highest BCUT2D eigenvalue weighted by Gasteiger charge is 2.18. The number of aryl methyl sites for hydroxylation is 2. The highest BCUT2D eigenvalue weighted by molar-refractivity contribution is 6.33. The van der Waals surface area contributed by atoms with Crippen LogP contribution in [-0.2, 0) is 6.54 Å². The molecule has 1 aliphatic rings. The molecule has 1 N–H and O–H groups in total. The largest absolute Gasteiger partial charge is 0.351 e. The van der Waals surface area contributed by atoms with Crippen molar-refractivity contribution in [1.82, 2.24) is 24.5 Å². The molecule has 1 fully saturated rings. The van der Waals surface area contributed by atoms with Gasteiger partial charge in [0.1, 0.15) is 5.65 Å². The highest BCUT2D eigenvalue weighted by atomic mass is 35.5. The Morgan fingerprint density at radius 1 is 1.06 bits per heavy atom. The van der Waals surface area contributed by atoms with Gasteiger partial charge < -0.3 is 5.32 Å². The molecule has 1 aromatic carbocycles. The van der Waals surface area contributed by atoms with E-state index in [0.717, 1.165) is 35.2 Å². The maximum Gasteiger partial charge on any atom is 0.260 e. The Balaban J connectivity index is 1.54. The summed E-state index contributed by atoms with van der Waals surface area (Å²) in [6.45, 7) is 4.34. The number of pyridine rings is 1. The van der Waals surface area contributed by atoms with Gasteiger partial charge in [0.25, 0.3) is 5.56 Å². The van der Waals surface area contributed by atoms with E-state index in [-0.39, 0.29) is 5.56 Å². The molecule has 3 heterocycles. The Morgan fingerprint density at radius 2 is 1.88 bits per heavy atom. The van der Waals surface area contributed by atoms with Crippen molar-refractivity contribution in [3.63, 3.8) is 0 Å². The molecule has 174 valence electrons. The van der Waals surface area contributed by atoms with Crippen LogP contribution < -0.4 is 10.9 Å². The summed E-state index contributed by atoms with van der Waals surface area (Å²) in [6.07, 6.45) is 11.2. The van der Waals surface area contributed by atoms with Crippen LogP contribution in [0.4, 0.5) is 5.95 Å². The molecular weight excluding hydrogens is 448 g/mol. The molecule has 0 bridgehead atoms. The van der Waals surface area contributed by atoms with E-state index in [1.165, 1.54) is 19.3 Å². The van der Waals surface area contributed by atoms with Crippen LogP contribution in [0, 0.1) is 6.92 Å². The third-order valence-electron chi connectivity index (χ3n) is 6.39. The predicted molar refractivity (Wildman–Crippen MR) is 136 cm³/mol. The van der Waals surface area contributed by atoms with E-state index in [2.05, 4.69) is 20.3 Å². The van der Waals surface area contributed by atoms with Crippen molar-refractivity contribution < 1.29 is 0 Å². The van der Waals surface area contributed by atoms with Gasteiger partial charge in [0.2, 0.25) is 5.95 Å². The van der Waals surface area contributed by atoms with Crippen LogP contribution in [0.5, 0.6) is 0 Å². The maximum atomic E-state index is 13.5. The van der Waals surface area contributed by atoms with Gasteiger partial charge in [0, 0.05) is 52.1 Å². The Kier molecular flexibility index (Phi) is 6.28. The van der Waals surface area contributed by atoms with Crippen LogP contribution >= 0.6 is 11.6 Å². The first-order chi connectivity index (χ1) is 16.5. The molecule has 4 aromatic rings. The number of aromatic nitrogens is 5. The van der Waals surface area contributed by atoms with Crippen molar-refractivity contribution in [1.29, 1.82) is 0 Å². The van der Waals surface area contributed by atoms with Crippen molar-refractivity contribution in [2.24, 2.45) is 0 Å². The molecule has 34 heavy (non-hydrogen) atoms. The molecule has 5 rings (SSSR count). The first-order valence-corrected chi connectivity index (χ1v) is 12.2. The number of benzene rings is 1.